The summed E-state index contributed by atoms with van der Waals surface area (Å²) in [5.74, 6) is 0.0393. The normalized spacial score (nSPS) is 23.5. The number of carboxylic acids is 1. The van der Waals surface area contributed by atoms with E-state index in [2.05, 4.69) is 51.8 Å². The predicted molar refractivity (Wildman–Crippen MR) is 133 cm³/mol. The molecule has 2 heterocycles. The maximum Gasteiger partial charge on any atom is 0.335 e. The summed E-state index contributed by atoms with van der Waals surface area (Å²) in [5, 5.41) is 28.1. The van der Waals surface area contributed by atoms with Crippen LogP contribution in [0.2, 0.25) is 0 Å². The van der Waals surface area contributed by atoms with Gasteiger partial charge in [0.25, 0.3) is 0 Å². The van der Waals surface area contributed by atoms with Gasteiger partial charge in [-0.1, -0.05) is 42.5 Å². The number of hydrogen-bond donors (Lipinski definition) is 3. The molecule has 0 aliphatic heterocycles. The third-order valence-corrected chi connectivity index (χ3v) is 7.86. The Labute approximate surface area is 203 Å². The number of nitrogens with one attached hydrogen (secondary N) is 1. The van der Waals surface area contributed by atoms with Crippen LogP contribution >= 0.6 is 0 Å². The van der Waals surface area contributed by atoms with Gasteiger partial charge >= 0.3 is 5.97 Å². The van der Waals surface area contributed by atoms with Gasteiger partial charge in [-0.3, -0.25) is 0 Å². The largest absolute Gasteiger partial charge is 0.478 e. The van der Waals surface area contributed by atoms with Crippen molar-refractivity contribution in [3.05, 3.63) is 94.9 Å². The molecule has 178 valence electrons. The number of hydrogen-bond acceptors (Lipinski definition) is 5. The second-order valence-corrected chi connectivity index (χ2v) is 9.71. The fourth-order valence-electron chi connectivity index (χ4n) is 6.21. The average Bonchev–Trinajstić information content (AvgIpc) is 3.61. The summed E-state index contributed by atoms with van der Waals surface area (Å²) >= 11 is 0. The first-order valence-electron chi connectivity index (χ1n) is 12.2. The van der Waals surface area contributed by atoms with Gasteiger partial charge in [-0.25, -0.2) is 14.3 Å². The van der Waals surface area contributed by atoms with Crippen molar-refractivity contribution in [1.29, 1.82) is 0 Å². The number of aromatic nitrogens is 3. The Kier molecular flexibility index (Phi) is 5.49. The Bertz CT molecular complexity index is 1400. The Morgan fingerprint density at radius 2 is 1.83 bits per heavy atom. The number of aliphatic hydroxyl groups is 1. The van der Waals surface area contributed by atoms with Crippen LogP contribution in [0.15, 0.2) is 67.0 Å². The zero-order valence-electron chi connectivity index (χ0n) is 19.3. The van der Waals surface area contributed by atoms with Crippen molar-refractivity contribution in [1.82, 2.24) is 14.6 Å². The number of aryl methyl sites for hydroxylation is 1. The smallest absolute Gasteiger partial charge is 0.335 e. The fraction of sp³-hybridized carbons (Fsp3) is 0.321. The van der Waals surface area contributed by atoms with Crippen molar-refractivity contribution in [3.63, 3.8) is 0 Å². The van der Waals surface area contributed by atoms with E-state index in [1.54, 1.807) is 18.5 Å². The first-order chi connectivity index (χ1) is 17.1. The highest BCUT2D eigenvalue weighted by molar-refractivity contribution is 5.89. The van der Waals surface area contributed by atoms with Gasteiger partial charge < -0.3 is 15.5 Å². The van der Waals surface area contributed by atoms with Gasteiger partial charge in [-0.05, 0) is 72.4 Å². The third kappa shape index (κ3) is 3.76. The molecule has 2 aromatic heterocycles. The van der Waals surface area contributed by atoms with E-state index in [4.69, 9.17) is 0 Å². The molecule has 0 spiro atoms. The number of carboxylic acid groups (broad SMARTS) is 1. The van der Waals surface area contributed by atoms with Crippen molar-refractivity contribution >= 4 is 17.3 Å². The molecule has 7 nitrogen and oxygen atoms in total. The zero-order valence-corrected chi connectivity index (χ0v) is 19.3. The highest BCUT2D eigenvalue weighted by atomic mass is 16.4. The van der Waals surface area contributed by atoms with E-state index < -0.39 is 5.97 Å². The average molecular weight is 469 g/mol. The molecular formula is C28H28N4O3. The minimum atomic E-state index is -0.925. The van der Waals surface area contributed by atoms with Crippen molar-refractivity contribution in [3.8, 4) is 0 Å². The standard InChI is InChI=1S/C28H28N4O3/c33-15-19-13-18(14-23(19)21-7-3-4-8-22(21)28(34)35)25-11-12-26-27(29-16-30-32(25)26)31-24-10-9-17-5-1-2-6-20(17)24/h1-8,11-12,16,18-19,23-24,33H,9-10,13-15H2,(H,34,35)(H,29,30,31)/t18-,19?,23-,24-/m0/s1. The number of rotatable bonds is 6. The Balaban J connectivity index is 1.30. The second-order valence-electron chi connectivity index (χ2n) is 9.71. The molecule has 1 fully saturated rings. The first kappa shape index (κ1) is 21.8. The number of fused-ring (bicyclic) bond motifs is 2. The SMILES string of the molecule is O=C(O)c1ccccc1[C@H]1C[C@@H](c2ccc3c(N[C@H]4CCc5ccccc54)ncnn23)CC1CO. The molecule has 4 aromatic rings. The Morgan fingerprint density at radius 1 is 1.03 bits per heavy atom. The van der Waals surface area contributed by atoms with Crippen LogP contribution in [0.1, 0.15) is 69.9 Å². The quantitative estimate of drug-likeness (QED) is 0.376. The molecule has 35 heavy (non-hydrogen) atoms. The van der Waals surface area contributed by atoms with Crippen LogP contribution in [0.25, 0.3) is 5.52 Å². The summed E-state index contributed by atoms with van der Waals surface area (Å²) in [4.78, 5) is 16.4. The lowest BCUT2D eigenvalue weighted by Gasteiger charge is -2.19. The second kappa shape index (κ2) is 8.82. The lowest BCUT2D eigenvalue weighted by molar-refractivity contribution is 0.0694. The fourth-order valence-corrected chi connectivity index (χ4v) is 6.21. The van der Waals surface area contributed by atoms with Crippen molar-refractivity contribution < 1.29 is 15.0 Å². The number of aliphatic hydroxyl groups excluding tert-OH is 1. The Morgan fingerprint density at radius 3 is 2.66 bits per heavy atom. The minimum absolute atomic E-state index is 0.000438. The molecule has 4 atom stereocenters. The van der Waals surface area contributed by atoms with E-state index in [9.17, 15) is 15.0 Å². The van der Waals surface area contributed by atoms with Crippen molar-refractivity contribution in [2.45, 2.75) is 43.6 Å². The van der Waals surface area contributed by atoms with E-state index in [-0.39, 0.29) is 30.4 Å². The molecule has 1 unspecified atom stereocenters. The maximum atomic E-state index is 11.8. The van der Waals surface area contributed by atoms with Gasteiger partial charge in [-0.15, -0.1) is 0 Å². The molecule has 7 heteroatoms. The summed E-state index contributed by atoms with van der Waals surface area (Å²) in [7, 11) is 0. The molecular weight excluding hydrogens is 440 g/mol. The van der Waals surface area contributed by atoms with Crippen LogP contribution in [0, 0.1) is 5.92 Å². The molecule has 1 saturated carbocycles. The van der Waals surface area contributed by atoms with Gasteiger partial charge in [0, 0.05) is 18.2 Å². The van der Waals surface area contributed by atoms with E-state index in [0.717, 1.165) is 48.3 Å². The maximum absolute atomic E-state index is 11.8. The van der Waals surface area contributed by atoms with Gasteiger partial charge in [-0.2, -0.15) is 5.10 Å². The van der Waals surface area contributed by atoms with Gasteiger partial charge in [0.2, 0.25) is 0 Å². The lowest BCUT2D eigenvalue weighted by atomic mass is 9.86. The van der Waals surface area contributed by atoms with Crippen LogP contribution in [-0.4, -0.2) is 37.4 Å². The topological polar surface area (TPSA) is 99.8 Å². The van der Waals surface area contributed by atoms with Crippen molar-refractivity contribution in [2.24, 2.45) is 5.92 Å². The van der Waals surface area contributed by atoms with Crippen LogP contribution in [0.3, 0.4) is 0 Å². The zero-order chi connectivity index (χ0) is 23.9. The van der Waals surface area contributed by atoms with E-state index >= 15 is 0 Å². The van der Waals surface area contributed by atoms with Crippen molar-refractivity contribution in [2.75, 3.05) is 11.9 Å². The first-order valence-corrected chi connectivity index (χ1v) is 12.2. The molecule has 0 saturated heterocycles. The van der Waals surface area contributed by atoms with Gasteiger partial charge in [0.1, 0.15) is 11.8 Å². The summed E-state index contributed by atoms with van der Waals surface area (Å²) in [6.07, 6.45) is 5.24. The molecule has 2 aliphatic carbocycles. The van der Waals surface area contributed by atoms with Crippen LogP contribution in [0.4, 0.5) is 5.82 Å². The molecule has 3 N–H and O–H groups in total. The van der Waals surface area contributed by atoms with Crippen LogP contribution in [0.5, 0.6) is 0 Å². The summed E-state index contributed by atoms with van der Waals surface area (Å²) in [5.41, 5.74) is 5.85. The summed E-state index contributed by atoms with van der Waals surface area (Å²) in [6.45, 7) is 0.0291. The predicted octanol–water partition coefficient (Wildman–Crippen LogP) is 4.80. The third-order valence-electron chi connectivity index (χ3n) is 7.86. The van der Waals surface area contributed by atoms with Gasteiger partial charge in [0.05, 0.1) is 11.6 Å². The van der Waals surface area contributed by atoms with E-state index in [1.807, 2.05) is 16.6 Å². The number of nitrogens with zero attached hydrogens (tertiary/aromatic N) is 3. The molecule has 0 radical (unpaired) electrons. The van der Waals surface area contributed by atoms with E-state index in [0.29, 0.717) is 5.56 Å². The lowest BCUT2D eigenvalue weighted by Crippen LogP contribution is -2.14. The highest BCUT2D eigenvalue weighted by Gasteiger charge is 2.38. The molecule has 2 aliphatic rings. The monoisotopic (exact) mass is 468 g/mol. The molecule has 0 bridgehead atoms. The van der Waals surface area contributed by atoms with E-state index in [1.165, 1.54) is 11.1 Å². The highest BCUT2D eigenvalue weighted by Crippen LogP contribution is 2.48. The number of carbonyl (C=O) groups is 1. The van der Waals surface area contributed by atoms with Crippen LogP contribution in [-0.2, 0) is 6.42 Å². The number of anilines is 1. The summed E-state index contributed by atoms with van der Waals surface area (Å²) < 4.78 is 1.96. The van der Waals surface area contributed by atoms with Crippen LogP contribution < -0.4 is 5.32 Å². The molecule has 0 amide bonds. The molecule has 2 aromatic carbocycles. The Hall–Kier alpha value is -3.71. The molecule has 6 rings (SSSR count). The number of aromatic carboxylic acids is 1. The minimum Gasteiger partial charge on any atom is -0.478 e. The van der Waals surface area contributed by atoms with Gasteiger partial charge in [0.15, 0.2) is 5.82 Å². The number of benzene rings is 2. The summed E-state index contributed by atoms with van der Waals surface area (Å²) in [6, 6.07) is 20.1.